The van der Waals surface area contributed by atoms with E-state index >= 15 is 0 Å². The van der Waals surface area contributed by atoms with Crippen molar-refractivity contribution < 1.29 is 22.8 Å². The molecule has 3 aromatic rings. The molecule has 1 saturated heterocycles. The van der Waals surface area contributed by atoms with E-state index in [2.05, 4.69) is 15.1 Å². The van der Waals surface area contributed by atoms with E-state index in [1.165, 1.54) is 16.6 Å². The van der Waals surface area contributed by atoms with Crippen LogP contribution in [0.5, 0.6) is 0 Å². The Labute approximate surface area is 230 Å². The monoisotopic (exact) mass is 552 g/mol. The average molecular weight is 553 g/mol. The Kier molecular flexibility index (Phi) is 6.79. The molecule has 5 rings (SSSR count). The largest absolute Gasteiger partial charge is 0.416 e. The Balaban J connectivity index is 1.42. The highest BCUT2D eigenvalue weighted by atomic mass is 19.4. The van der Waals surface area contributed by atoms with Crippen LogP contribution in [0.15, 0.2) is 53.3 Å². The van der Waals surface area contributed by atoms with E-state index in [0.717, 1.165) is 23.4 Å². The van der Waals surface area contributed by atoms with Crippen LogP contribution in [0.3, 0.4) is 0 Å². The van der Waals surface area contributed by atoms with Crippen molar-refractivity contribution in [2.75, 3.05) is 19.6 Å². The van der Waals surface area contributed by atoms with Gasteiger partial charge in [-0.3, -0.25) is 14.6 Å². The molecule has 1 aromatic carbocycles. The number of hydrogen-bond acceptors (Lipinski definition) is 5. The minimum absolute atomic E-state index is 0.0197. The Hall–Kier alpha value is -4.02. The summed E-state index contributed by atoms with van der Waals surface area (Å²) in [5.74, 6) is -0.389. The van der Waals surface area contributed by atoms with Gasteiger partial charge in [0.1, 0.15) is 11.4 Å². The smallest absolute Gasteiger partial charge is 0.333 e. The van der Waals surface area contributed by atoms with Crippen LogP contribution >= 0.6 is 0 Å². The number of piperazine rings is 1. The van der Waals surface area contributed by atoms with Gasteiger partial charge in [-0.25, -0.2) is 9.50 Å². The molecule has 0 spiro atoms. The van der Waals surface area contributed by atoms with E-state index in [0.29, 0.717) is 48.7 Å². The molecule has 0 radical (unpaired) electrons. The van der Waals surface area contributed by atoms with E-state index in [1.807, 2.05) is 40.7 Å². The summed E-state index contributed by atoms with van der Waals surface area (Å²) in [6.45, 7) is 10.7. The molecular weight excluding hydrogens is 521 g/mol. The molecular formula is C29H31F3N6O2. The van der Waals surface area contributed by atoms with Gasteiger partial charge in [0.2, 0.25) is 0 Å². The third-order valence-electron chi connectivity index (χ3n) is 7.36. The van der Waals surface area contributed by atoms with Gasteiger partial charge >= 0.3 is 6.18 Å². The van der Waals surface area contributed by atoms with E-state index in [-0.39, 0.29) is 23.4 Å². The molecule has 2 aliphatic heterocycles. The van der Waals surface area contributed by atoms with Crippen LogP contribution in [0.1, 0.15) is 68.6 Å². The lowest BCUT2D eigenvalue weighted by Crippen LogP contribution is -2.62. The molecule has 0 unspecified atom stereocenters. The topological polar surface area (TPSA) is 83.2 Å². The van der Waals surface area contributed by atoms with E-state index in [4.69, 9.17) is 0 Å². The second-order valence-corrected chi connectivity index (χ2v) is 11.2. The Morgan fingerprint density at radius 3 is 2.33 bits per heavy atom. The number of aliphatic imine (C=N–C) groups is 1. The Bertz CT molecular complexity index is 1550. The summed E-state index contributed by atoms with van der Waals surface area (Å²) in [6.07, 6.45) is -0.363. The van der Waals surface area contributed by atoms with Crippen LogP contribution in [0, 0.1) is 0 Å². The highest BCUT2D eigenvalue weighted by Crippen LogP contribution is 2.32. The lowest BCUT2D eigenvalue weighted by atomic mass is 9.98. The van der Waals surface area contributed by atoms with Crippen molar-refractivity contribution in [2.24, 2.45) is 4.99 Å². The summed E-state index contributed by atoms with van der Waals surface area (Å²) in [7, 11) is 0. The maximum atomic E-state index is 13.7. The molecule has 210 valence electrons. The van der Waals surface area contributed by atoms with Gasteiger partial charge in [-0.05, 0) is 51.0 Å². The molecule has 0 bridgehead atoms. The number of nitrogens with zero attached hydrogens (tertiary/aromatic N) is 6. The summed E-state index contributed by atoms with van der Waals surface area (Å²) >= 11 is 0. The van der Waals surface area contributed by atoms with E-state index in [9.17, 15) is 22.8 Å². The molecule has 11 heteroatoms. The first-order valence-corrected chi connectivity index (χ1v) is 13.2. The summed E-state index contributed by atoms with van der Waals surface area (Å²) in [4.78, 5) is 39.1. The van der Waals surface area contributed by atoms with Crippen molar-refractivity contribution in [1.82, 2.24) is 24.4 Å². The highest BCUT2D eigenvalue weighted by Gasteiger charge is 2.40. The predicted molar refractivity (Wildman–Crippen MR) is 145 cm³/mol. The molecule has 2 aliphatic rings. The van der Waals surface area contributed by atoms with Gasteiger partial charge in [0.05, 0.1) is 23.0 Å². The minimum Gasteiger partial charge on any atom is -0.333 e. The van der Waals surface area contributed by atoms with Crippen molar-refractivity contribution >= 4 is 23.2 Å². The Morgan fingerprint density at radius 1 is 1.05 bits per heavy atom. The number of carbonyl (C=O) groups is 2. The fourth-order valence-corrected chi connectivity index (χ4v) is 5.18. The lowest BCUT2D eigenvalue weighted by Gasteiger charge is -2.46. The summed E-state index contributed by atoms with van der Waals surface area (Å²) in [6, 6.07) is 6.65. The number of carbonyl (C=O) groups excluding carboxylic acids is 2. The van der Waals surface area contributed by atoms with E-state index < -0.39 is 17.3 Å². The maximum absolute atomic E-state index is 13.7. The van der Waals surface area contributed by atoms with Crippen LogP contribution in [0.2, 0.25) is 0 Å². The zero-order chi connectivity index (χ0) is 29.0. The summed E-state index contributed by atoms with van der Waals surface area (Å²) < 4.78 is 40.6. The van der Waals surface area contributed by atoms with Gasteiger partial charge in [0.25, 0.3) is 11.8 Å². The molecule has 8 nitrogen and oxygen atoms in total. The van der Waals surface area contributed by atoms with Gasteiger partial charge in [0, 0.05) is 42.9 Å². The second-order valence-electron chi connectivity index (χ2n) is 11.2. The first kappa shape index (κ1) is 27.5. The maximum Gasteiger partial charge on any atom is 0.416 e. The van der Waals surface area contributed by atoms with Crippen molar-refractivity contribution in [3.63, 3.8) is 0 Å². The van der Waals surface area contributed by atoms with Gasteiger partial charge in [0.15, 0.2) is 5.65 Å². The molecule has 40 heavy (non-hydrogen) atoms. The summed E-state index contributed by atoms with van der Waals surface area (Å²) in [5, 5.41) is 4.58. The van der Waals surface area contributed by atoms with Crippen LogP contribution in [-0.4, -0.2) is 67.1 Å². The fourth-order valence-electron chi connectivity index (χ4n) is 5.18. The number of hydrogen-bond donors (Lipinski definition) is 0. The summed E-state index contributed by atoms with van der Waals surface area (Å²) in [5.41, 5.74) is 2.52. The SMILES string of the molecule is CC1=NC(C(=O)N2CCN(C(=O)c3cn4nc(-c5ccc(C(F)(F)F)cc5)cc(C(C)C)c4n3)C(C)(C)C2)=CC1. The Morgan fingerprint density at radius 2 is 1.75 bits per heavy atom. The number of aromatic nitrogens is 3. The van der Waals surface area contributed by atoms with Crippen molar-refractivity contribution in [3.05, 3.63) is 65.1 Å². The average Bonchev–Trinajstić information content (AvgIpc) is 3.52. The van der Waals surface area contributed by atoms with Gasteiger partial charge in [-0.1, -0.05) is 26.0 Å². The van der Waals surface area contributed by atoms with Crippen LogP contribution < -0.4 is 0 Å². The van der Waals surface area contributed by atoms with Crippen LogP contribution in [0.25, 0.3) is 16.9 Å². The van der Waals surface area contributed by atoms with Crippen LogP contribution in [-0.2, 0) is 11.0 Å². The number of halogens is 3. The molecule has 2 amide bonds. The normalized spacial score (nSPS) is 17.4. The number of fused-ring (bicyclic) bond motifs is 1. The van der Waals surface area contributed by atoms with Gasteiger partial charge in [-0.2, -0.15) is 18.3 Å². The third-order valence-corrected chi connectivity index (χ3v) is 7.36. The van der Waals surface area contributed by atoms with Crippen LogP contribution in [0.4, 0.5) is 13.2 Å². The molecule has 4 heterocycles. The standard InChI is InChI=1S/C29H31F3N6O2/c1-17(2)21-14-23(19-7-9-20(10-8-19)29(30,31)32)35-38-15-24(34-25(21)38)27(40)37-13-12-36(16-28(37,4)5)26(39)22-11-6-18(3)33-22/h7-11,14-15,17H,6,12-13,16H2,1-5H3. The van der Waals surface area contributed by atoms with Crippen molar-refractivity contribution in [2.45, 2.75) is 58.7 Å². The zero-order valence-electron chi connectivity index (χ0n) is 23.1. The second kappa shape index (κ2) is 9.87. The molecule has 1 fully saturated rings. The first-order valence-electron chi connectivity index (χ1n) is 13.2. The third kappa shape index (κ3) is 5.12. The molecule has 0 saturated carbocycles. The lowest BCUT2D eigenvalue weighted by molar-refractivity contribution is -0.137. The predicted octanol–water partition coefficient (Wildman–Crippen LogP) is 5.35. The number of benzene rings is 1. The zero-order valence-corrected chi connectivity index (χ0v) is 23.1. The number of imidazole rings is 1. The minimum atomic E-state index is -4.42. The molecule has 0 atom stereocenters. The van der Waals surface area contributed by atoms with E-state index in [1.54, 1.807) is 22.1 Å². The highest BCUT2D eigenvalue weighted by molar-refractivity contribution is 6.01. The number of rotatable bonds is 4. The molecule has 0 aliphatic carbocycles. The first-order chi connectivity index (χ1) is 18.7. The molecule has 0 N–H and O–H groups in total. The number of allylic oxidation sites excluding steroid dienone is 1. The number of alkyl halides is 3. The fraction of sp³-hybridized carbons (Fsp3) is 0.414. The van der Waals surface area contributed by atoms with Crippen molar-refractivity contribution in [1.29, 1.82) is 0 Å². The number of amides is 2. The molecule has 2 aromatic heterocycles. The van der Waals surface area contributed by atoms with Gasteiger partial charge in [-0.15, -0.1) is 0 Å². The van der Waals surface area contributed by atoms with Crippen molar-refractivity contribution in [3.8, 4) is 11.3 Å². The quantitative estimate of drug-likeness (QED) is 0.437. The van der Waals surface area contributed by atoms with Gasteiger partial charge < -0.3 is 9.80 Å².